The second-order valence-electron chi connectivity index (χ2n) is 8.38. The van der Waals surface area contributed by atoms with Crippen LogP contribution in [0, 0.1) is 5.92 Å². The minimum atomic E-state index is -0.133. The maximum Gasteiger partial charge on any atom is 0.267 e. The normalized spacial score (nSPS) is 17.2. The van der Waals surface area contributed by atoms with Crippen LogP contribution >= 0.6 is 11.8 Å². The fourth-order valence-electron chi connectivity index (χ4n) is 3.47. The number of para-hydroxylation sites is 1. The molecule has 0 saturated carbocycles. The van der Waals surface area contributed by atoms with Crippen LogP contribution in [-0.2, 0) is 4.79 Å². The van der Waals surface area contributed by atoms with Crippen LogP contribution in [-0.4, -0.2) is 22.6 Å². The van der Waals surface area contributed by atoms with E-state index < -0.39 is 0 Å². The van der Waals surface area contributed by atoms with Crippen molar-refractivity contribution in [1.29, 1.82) is 0 Å². The van der Waals surface area contributed by atoms with Crippen LogP contribution in [0.3, 0.4) is 0 Å². The molecular weight excluding hydrogens is 428 g/mol. The zero-order valence-electron chi connectivity index (χ0n) is 19.1. The Morgan fingerprint density at radius 1 is 0.909 bits per heavy atom. The van der Waals surface area contributed by atoms with E-state index in [4.69, 9.17) is 9.73 Å². The summed E-state index contributed by atoms with van der Waals surface area (Å²) in [6.07, 6.45) is 1.93. The predicted molar refractivity (Wildman–Crippen MR) is 138 cm³/mol. The van der Waals surface area contributed by atoms with Gasteiger partial charge in [0.05, 0.1) is 23.2 Å². The number of ether oxygens (including phenoxy) is 1. The first-order chi connectivity index (χ1) is 16.0. The average Bonchev–Trinajstić information content (AvgIpc) is 3.13. The molecule has 0 aromatic heterocycles. The zero-order valence-corrected chi connectivity index (χ0v) is 20.0. The van der Waals surface area contributed by atoms with E-state index in [0.29, 0.717) is 22.6 Å². The first-order valence-electron chi connectivity index (χ1n) is 11.2. The predicted octanol–water partition coefficient (Wildman–Crippen LogP) is 7.09. The monoisotopic (exact) mass is 456 g/mol. The number of carbonyl (C=O) groups is 1. The van der Waals surface area contributed by atoms with E-state index in [1.807, 2.05) is 97.9 Å². The average molecular weight is 457 g/mol. The highest BCUT2D eigenvalue weighted by Gasteiger charge is 2.37. The number of aliphatic imine (C=N–C) groups is 1. The Kier molecular flexibility index (Phi) is 7.30. The molecule has 0 bridgehead atoms. The Bertz CT molecular complexity index is 1140. The fourth-order valence-corrected chi connectivity index (χ4v) is 4.54. The summed E-state index contributed by atoms with van der Waals surface area (Å²) in [6.45, 7) is 6.97. The Hall–Kier alpha value is -3.31. The van der Waals surface area contributed by atoms with E-state index in [9.17, 15) is 4.79 Å². The number of nitrogens with zero attached hydrogens (tertiary/aromatic N) is 2. The Morgan fingerprint density at radius 2 is 1.55 bits per heavy atom. The van der Waals surface area contributed by atoms with Gasteiger partial charge in [-0.05, 0) is 66.1 Å². The lowest BCUT2D eigenvalue weighted by Gasteiger charge is -2.24. The molecule has 1 saturated heterocycles. The summed E-state index contributed by atoms with van der Waals surface area (Å²) in [7, 11) is 0. The molecule has 1 heterocycles. The molecule has 4 rings (SSSR count). The van der Waals surface area contributed by atoms with E-state index in [0.717, 1.165) is 22.6 Å². The van der Waals surface area contributed by atoms with Crippen LogP contribution < -0.4 is 4.74 Å². The molecule has 1 aliphatic heterocycles. The van der Waals surface area contributed by atoms with Gasteiger partial charge in [-0.3, -0.25) is 9.69 Å². The molecule has 5 heteroatoms. The molecule has 1 amide bonds. The van der Waals surface area contributed by atoms with Gasteiger partial charge in [0.15, 0.2) is 5.17 Å². The standard InChI is InChI=1S/C28H28N2O2S/c1-20(2)19-32-25-16-14-22(15-17-25)18-26-27(31)30(21(3)23-10-6-4-7-11-23)28(33-26)29-24-12-8-5-9-13-24/h4-18,20-21H,19H2,1-3H3/b26-18+,29-28?/t21-/m1/s1. The molecule has 0 N–H and O–H groups in total. The second kappa shape index (κ2) is 10.5. The number of benzene rings is 3. The highest BCUT2D eigenvalue weighted by atomic mass is 32.2. The number of rotatable bonds is 7. The van der Waals surface area contributed by atoms with Crippen molar-refractivity contribution < 1.29 is 9.53 Å². The number of hydrogen-bond acceptors (Lipinski definition) is 4. The van der Waals surface area contributed by atoms with Gasteiger partial charge >= 0.3 is 0 Å². The number of hydrogen-bond donors (Lipinski definition) is 0. The SMILES string of the molecule is CC(C)COc1ccc(/C=C2/SC(=Nc3ccccc3)N([C@H](C)c3ccccc3)C2=O)cc1. The van der Waals surface area contributed by atoms with Crippen molar-refractivity contribution in [3.05, 3.63) is 101 Å². The first-order valence-corrected chi connectivity index (χ1v) is 12.0. The first kappa shape index (κ1) is 22.9. The summed E-state index contributed by atoms with van der Waals surface area (Å²) in [6, 6.07) is 27.5. The summed E-state index contributed by atoms with van der Waals surface area (Å²) < 4.78 is 5.77. The third-order valence-electron chi connectivity index (χ3n) is 5.25. The molecule has 0 spiro atoms. The number of amidine groups is 1. The van der Waals surface area contributed by atoms with Crippen molar-refractivity contribution in [3.63, 3.8) is 0 Å². The van der Waals surface area contributed by atoms with Crippen LogP contribution in [0.25, 0.3) is 6.08 Å². The van der Waals surface area contributed by atoms with E-state index in [1.165, 1.54) is 11.8 Å². The van der Waals surface area contributed by atoms with Crippen molar-refractivity contribution in [2.24, 2.45) is 10.9 Å². The number of amides is 1. The van der Waals surface area contributed by atoms with Crippen LogP contribution in [0.5, 0.6) is 5.75 Å². The van der Waals surface area contributed by atoms with Crippen molar-refractivity contribution in [2.45, 2.75) is 26.8 Å². The molecule has 1 atom stereocenters. The molecule has 0 unspecified atom stereocenters. The maximum atomic E-state index is 13.5. The second-order valence-corrected chi connectivity index (χ2v) is 9.39. The number of thioether (sulfide) groups is 1. The maximum absolute atomic E-state index is 13.5. The molecule has 33 heavy (non-hydrogen) atoms. The van der Waals surface area contributed by atoms with E-state index in [-0.39, 0.29) is 11.9 Å². The van der Waals surface area contributed by atoms with Crippen molar-refractivity contribution in [3.8, 4) is 5.75 Å². The van der Waals surface area contributed by atoms with Gasteiger partial charge in [0, 0.05) is 0 Å². The highest BCUT2D eigenvalue weighted by molar-refractivity contribution is 8.18. The van der Waals surface area contributed by atoms with Gasteiger partial charge < -0.3 is 4.74 Å². The quantitative estimate of drug-likeness (QED) is 0.357. The van der Waals surface area contributed by atoms with Crippen LogP contribution in [0.15, 0.2) is 94.8 Å². The molecule has 168 valence electrons. The topological polar surface area (TPSA) is 41.9 Å². The largest absolute Gasteiger partial charge is 0.493 e. The molecular formula is C28H28N2O2S. The van der Waals surface area contributed by atoms with Crippen LogP contribution in [0.2, 0.25) is 0 Å². The smallest absolute Gasteiger partial charge is 0.267 e. The minimum Gasteiger partial charge on any atom is -0.493 e. The third kappa shape index (κ3) is 5.74. The van der Waals surface area contributed by atoms with E-state index in [2.05, 4.69) is 13.8 Å². The summed E-state index contributed by atoms with van der Waals surface area (Å²) in [5.41, 5.74) is 2.85. The van der Waals surface area contributed by atoms with Gasteiger partial charge in [0.1, 0.15) is 5.75 Å². The van der Waals surface area contributed by atoms with Crippen LogP contribution in [0.4, 0.5) is 5.69 Å². The zero-order chi connectivity index (χ0) is 23.2. The lowest BCUT2D eigenvalue weighted by atomic mass is 10.1. The Labute approximate surface area is 200 Å². The fraction of sp³-hybridized carbons (Fsp3) is 0.214. The van der Waals surface area contributed by atoms with Gasteiger partial charge in [-0.15, -0.1) is 0 Å². The minimum absolute atomic E-state index is 0.0360. The van der Waals surface area contributed by atoms with Gasteiger partial charge in [-0.25, -0.2) is 4.99 Å². The molecule has 0 aliphatic carbocycles. The molecule has 3 aromatic carbocycles. The number of carbonyl (C=O) groups excluding carboxylic acids is 1. The van der Waals surface area contributed by atoms with Gasteiger partial charge in [-0.1, -0.05) is 74.5 Å². The molecule has 0 radical (unpaired) electrons. The molecule has 1 fully saturated rings. The summed E-state index contributed by atoms with van der Waals surface area (Å²) in [4.78, 5) is 20.8. The Morgan fingerprint density at radius 3 is 2.18 bits per heavy atom. The van der Waals surface area contributed by atoms with E-state index >= 15 is 0 Å². The van der Waals surface area contributed by atoms with Gasteiger partial charge in [-0.2, -0.15) is 0 Å². The third-order valence-corrected chi connectivity index (χ3v) is 6.23. The Balaban J connectivity index is 1.63. The summed E-state index contributed by atoms with van der Waals surface area (Å²) >= 11 is 1.41. The van der Waals surface area contributed by atoms with Gasteiger partial charge in [0.25, 0.3) is 5.91 Å². The van der Waals surface area contributed by atoms with Crippen molar-refractivity contribution in [1.82, 2.24) is 4.90 Å². The summed E-state index contributed by atoms with van der Waals surface area (Å²) in [5, 5.41) is 0.686. The lowest BCUT2D eigenvalue weighted by molar-refractivity contribution is -0.123. The van der Waals surface area contributed by atoms with Crippen LogP contribution in [0.1, 0.15) is 37.9 Å². The van der Waals surface area contributed by atoms with Crippen molar-refractivity contribution in [2.75, 3.05) is 6.61 Å². The summed E-state index contributed by atoms with van der Waals surface area (Å²) in [5.74, 6) is 1.27. The lowest BCUT2D eigenvalue weighted by Crippen LogP contribution is -2.32. The molecule has 1 aliphatic rings. The molecule has 3 aromatic rings. The highest BCUT2D eigenvalue weighted by Crippen LogP contribution is 2.39. The molecule has 4 nitrogen and oxygen atoms in total. The van der Waals surface area contributed by atoms with Gasteiger partial charge in [0.2, 0.25) is 0 Å². The van der Waals surface area contributed by atoms with E-state index in [1.54, 1.807) is 4.90 Å². The van der Waals surface area contributed by atoms with Crippen molar-refractivity contribution >= 4 is 34.6 Å².